The number of morpholine rings is 1. The maximum Gasteiger partial charge on any atom is 0.348 e. The number of nitro groups is 1. The topological polar surface area (TPSA) is 154 Å². The molecule has 4 heterocycles. The summed E-state index contributed by atoms with van der Waals surface area (Å²) in [6.07, 6.45) is 0. The highest BCUT2D eigenvalue weighted by atomic mass is 32.1. The van der Waals surface area contributed by atoms with E-state index in [-0.39, 0.29) is 33.5 Å². The van der Waals surface area contributed by atoms with Crippen LogP contribution in [0.25, 0.3) is 22.6 Å². The summed E-state index contributed by atoms with van der Waals surface area (Å²) in [6, 6.07) is 14.6. The van der Waals surface area contributed by atoms with Gasteiger partial charge in [0.05, 0.1) is 36.6 Å². The molecule has 0 spiro atoms. The van der Waals surface area contributed by atoms with E-state index in [9.17, 15) is 20.2 Å². The minimum absolute atomic E-state index is 0.0222. The van der Waals surface area contributed by atoms with E-state index < -0.39 is 10.9 Å². The second-order valence-electron chi connectivity index (χ2n) is 8.80. The molecule has 0 atom stereocenters. The van der Waals surface area contributed by atoms with Gasteiger partial charge in [0.1, 0.15) is 23.1 Å². The van der Waals surface area contributed by atoms with Crippen molar-refractivity contribution in [2.75, 3.05) is 38.3 Å². The maximum absolute atomic E-state index is 12.2. The van der Waals surface area contributed by atoms with Crippen molar-refractivity contribution in [1.82, 2.24) is 10.1 Å². The van der Waals surface area contributed by atoms with E-state index in [1.807, 2.05) is 24.3 Å². The normalized spacial score (nSPS) is 13.1. The fourth-order valence-corrected chi connectivity index (χ4v) is 5.15. The smallest absolute Gasteiger partial charge is 0.348 e. The number of benzene rings is 1. The number of aryl methyl sites for hydroxylation is 1. The summed E-state index contributed by atoms with van der Waals surface area (Å²) in [5, 5.41) is 25.1. The highest BCUT2D eigenvalue weighted by Crippen LogP contribution is 2.36. The standard InChI is InChI=1S/C27H23N5O7S/c1-16-11-23(39-30-16)20-13-22(17-3-5-19(6-4-17)31-7-9-37-10-8-31)29-26(21(20)14-28)38-15-18-12-24(32(34)35)40-25(18)27(33)36-2/h3-6,11-13H,7-10,15H2,1-2H3. The number of ether oxygens (including phenoxy) is 3. The molecule has 0 unspecified atom stereocenters. The summed E-state index contributed by atoms with van der Waals surface area (Å²) >= 11 is 0.687. The van der Waals surface area contributed by atoms with Gasteiger partial charge in [-0.15, -0.1) is 0 Å². The quantitative estimate of drug-likeness (QED) is 0.166. The van der Waals surface area contributed by atoms with Crippen LogP contribution in [0.4, 0.5) is 10.7 Å². The first-order valence-corrected chi connectivity index (χ1v) is 13.0. The molecule has 1 aliphatic heterocycles. The van der Waals surface area contributed by atoms with Crippen LogP contribution in [0.5, 0.6) is 5.88 Å². The minimum Gasteiger partial charge on any atom is -0.472 e. The molecule has 4 aromatic rings. The SMILES string of the molecule is COC(=O)c1sc([N+](=O)[O-])cc1COc1nc(-c2ccc(N3CCOCC3)cc2)cc(-c2cc(C)no2)c1C#N. The average molecular weight is 562 g/mol. The maximum atomic E-state index is 12.2. The first kappa shape index (κ1) is 26.8. The summed E-state index contributed by atoms with van der Waals surface area (Å²) in [6.45, 7) is 4.45. The number of nitriles is 1. The summed E-state index contributed by atoms with van der Waals surface area (Å²) in [5.74, 6) is -0.392. The Balaban J connectivity index is 1.53. The molecule has 1 fully saturated rings. The Morgan fingerprint density at radius 1 is 1.23 bits per heavy atom. The van der Waals surface area contributed by atoms with Crippen LogP contribution in [0.3, 0.4) is 0 Å². The Morgan fingerprint density at radius 3 is 2.60 bits per heavy atom. The van der Waals surface area contributed by atoms with Crippen molar-refractivity contribution in [3.05, 3.63) is 74.3 Å². The number of rotatable bonds is 8. The van der Waals surface area contributed by atoms with Crippen LogP contribution in [0.2, 0.25) is 0 Å². The van der Waals surface area contributed by atoms with Gasteiger partial charge in [0.2, 0.25) is 5.88 Å². The van der Waals surface area contributed by atoms with Gasteiger partial charge in [0.25, 0.3) is 0 Å². The van der Waals surface area contributed by atoms with E-state index in [2.05, 4.69) is 21.1 Å². The number of esters is 1. The number of thiophene rings is 1. The lowest BCUT2D eigenvalue weighted by atomic mass is 10.0. The van der Waals surface area contributed by atoms with Crippen molar-refractivity contribution in [2.45, 2.75) is 13.5 Å². The lowest BCUT2D eigenvalue weighted by Crippen LogP contribution is -2.36. The van der Waals surface area contributed by atoms with Crippen LogP contribution < -0.4 is 9.64 Å². The first-order valence-electron chi connectivity index (χ1n) is 12.2. The number of carbonyl (C=O) groups is 1. The second-order valence-corrected chi connectivity index (χ2v) is 9.83. The Labute approximate surface area is 232 Å². The van der Waals surface area contributed by atoms with Crippen LogP contribution >= 0.6 is 11.3 Å². The zero-order valence-electron chi connectivity index (χ0n) is 21.6. The van der Waals surface area contributed by atoms with Crippen molar-refractivity contribution in [3.63, 3.8) is 0 Å². The highest BCUT2D eigenvalue weighted by Gasteiger charge is 2.25. The third-order valence-corrected chi connectivity index (χ3v) is 7.35. The number of carbonyl (C=O) groups excluding carboxylic acids is 1. The monoisotopic (exact) mass is 561 g/mol. The predicted octanol–water partition coefficient (Wildman–Crippen LogP) is 4.76. The molecule has 12 nitrogen and oxygen atoms in total. The van der Waals surface area contributed by atoms with Crippen molar-refractivity contribution in [2.24, 2.45) is 0 Å². The van der Waals surface area contributed by atoms with E-state index in [1.165, 1.54) is 13.2 Å². The van der Waals surface area contributed by atoms with E-state index in [0.29, 0.717) is 47.3 Å². The molecular formula is C27H23N5O7S. The van der Waals surface area contributed by atoms with Crippen LogP contribution in [0.1, 0.15) is 26.5 Å². The molecule has 0 N–H and O–H groups in total. The number of pyridine rings is 1. The van der Waals surface area contributed by atoms with Crippen molar-refractivity contribution in [1.29, 1.82) is 5.26 Å². The molecule has 1 aromatic carbocycles. The number of methoxy groups -OCH3 is 1. The number of hydrogen-bond donors (Lipinski definition) is 0. The molecule has 13 heteroatoms. The summed E-state index contributed by atoms with van der Waals surface area (Å²) in [4.78, 5) is 29.9. The molecule has 3 aromatic heterocycles. The molecular weight excluding hydrogens is 538 g/mol. The Bertz CT molecular complexity index is 1600. The Kier molecular flexibility index (Phi) is 7.72. The lowest BCUT2D eigenvalue weighted by Gasteiger charge is -2.28. The van der Waals surface area contributed by atoms with Gasteiger partial charge < -0.3 is 23.6 Å². The molecule has 204 valence electrons. The number of aromatic nitrogens is 2. The largest absolute Gasteiger partial charge is 0.472 e. The second kappa shape index (κ2) is 11.5. The van der Waals surface area contributed by atoms with Crippen LogP contribution in [0, 0.1) is 28.4 Å². The lowest BCUT2D eigenvalue weighted by molar-refractivity contribution is -0.380. The van der Waals surface area contributed by atoms with Crippen LogP contribution in [0.15, 0.2) is 47.0 Å². The zero-order valence-corrected chi connectivity index (χ0v) is 22.4. The number of anilines is 1. The predicted molar refractivity (Wildman–Crippen MR) is 144 cm³/mol. The van der Waals surface area contributed by atoms with Gasteiger partial charge in [-0.2, -0.15) is 5.26 Å². The molecule has 0 amide bonds. The number of hydrogen-bond acceptors (Lipinski definition) is 12. The molecule has 0 saturated carbocycles. The molecule has 0 radical (unpaired) electrons. The zero-order chi connectivity index (χ0) is 28.2. The van der Waals surface area contributed by atoms with Gasteiger partial charge in [0, 0.05) is 47.6 Å². The van der Waals surface area contributed by atoms with Crippen molar-refractivity contribution >= 4 is 28.0 Å². The Morgan fingerprint density at radius 2 is 1.98 bits per heavy atom. The van der Waals surface area contributed by atoms with Gasteiger partial charge in [-0.25, -0.2) is 9.78 Å². The van der Waals surface area contributed by atoms with Crippen molar-refractivity contribution in [3.8, 4) is 34.5 Å². The van der Waals surface area contributed by atoms with E-state index in [4.69, 9.17) is 18.7 Å². The van der Waals surface area contributed by atoms with Gasteiger partial charge in [-0.1, -0.05) is 28.6 Å². The summed E-state index contributed by atoms with van der Waals surface area (Å²) in [7, 11) is 1.19. The van der Waals surface area contributed by atoms with Gasteiger partial charge >= 0.3 is 11.0 Å². The van der Waals surface area contributed by atoms with Gasteiger partial charge in [-0.05, 0) is 25.1 Å². The van der Waals surface area contributed by atoms with Crippen LogP contribution in [-0.2, 0) is 16.1 Å². The average Bonchev–Trinajstić information content (AvgIpc) is 3.62. The van der Waals surface area contributed by atoms with Gasteiger partial charge in [0.15, 0.2) is 5.76 Å². The highest BCUT2D eigenvalue weighted by molar-refractivity contribution is 7.17. The molecule has 1 aliphatic rings. The summed E-state index contributed by atoms with van der Waals surface area (Å²) < 4.78 is 21.6. The van der Waals surface area contributed by atoms with Crippen LogP contribution in [-0.4, -0.2) is 54.4 Å². The summed E-state index contributed by atoms with van der Waals surface area (Å²) in [5.41, 5.74) is 3.72. The minimum atomic E-state index is -0.725. The molecule has 0 aliphatic carbocycles. The fraction of sp³-hybridized carbons (Fsp3) is 0.259. The Hall–Kier alpha value is -4.80. The third kappa shape index (κ3) is 5.49. The first-order chi connectivity index (χ1) is 19.4. The van der Waals surface area contributed by atoms with E-state index in [0.717, 1.165) is 24.3 Å². The fourth-order valence-electron chi connectivity index (χ4n) is 4.25. The molecule has 40 heavy (non-hydrogen) atoms. The van der Waals surface area contributed by atoms with E-state index >= 15 is 0 Å². The number of nitrogens with zero attached hydrogens (tertiary/aromatic N) is 5. The van der Waals surface area contributed by atoms with E-state index in [1.54, 1.807) is 19.1 Å². The molecule has 5 rings (SSSR count). The molecule has 0 bridgehead atoms. The third-order valence-electron chi connectivity index (χ3n) is 6.24. The van der Waals surface area contributed by atoms with Gasteiger partial charge in [-0.3, -0.25) is 10.1 Å². The molecule has 1 saturated heterocycles. The van der Waals surface area contributed by atoms with Crippen molar-refractivity contribution < 1.29 is 28.5 Å².